The molecule has 0 bridgehead atoms. The SMILES string of the molecule is CCCC(Sc1ccc(CNCCOC)cc1)C(=O)O. The normalized spacial score (nSPS) is 12.3. The highest BCUT2D eigenvalue weighted by Gasteiger charge is 2.17. The summed E-state index contributed by atoms with van der Waals surface area (Å²) in [5.41, 5.74) is 1.19. The number of thioether (sulfide) groups is 1. The van der Waals surface area contributed by atoms with Crippen LogP contribution in [0.1, 0.15) is 25.3 Å². The minimum absolute atomic E-state index is 0.356. The second-order valence-electron chi connectivity index (χ2n) is 4.55. The molecule has 1 aromatic carbocycles. The van der Waals surface area contributed by atoms with Gasteiger partial charge in [0.2, 0.25) is 0 Å². The van der Waals surface area contributed by atoms with Crippen LogP contribution in [0.5, 0.6) is 0 Å². The molecule has 4 nitrogen and oxygen atoms in total. The van der Waals surface area contributed by atoms with Crippen LogP contribution in [-0.2, 0) is 16.1 Å². The van der Waals surface area contributed by atoms with Crippen LogP contribution in [0.4, 0.5) is 0 Å². The van der Waals surface area contributed by atoms with Gasteiger partial charge in [0, 0.05) is 25.1 Å². The molecule has 0 spiro atoms. The molecule has 5 heteroatoms. The van der Waals surface area contributed by atoms with E-state index in [9.17, 15) is 4.79 Å². The van der Waals surface area contributed by atoms with E-state index >= 15 is 0 Å². The summed E-state index contributed by atoms with van der Waals surface area (Å²) in [6.45, 7) is 4.33. The van der Waals surface area contributed by atoms with Crippen LogP contribution in [0.25, 0.3) is 0 Å². The monoisotopic (exact) mass is 297 g/mol. The minimum Gasteiger partial charge on any atom is -0.480 e. The molecular formula is C15H23NO3S. The van der Waals surface area contributed by atoms with E-state index in [4.69, 9.17) is 9.84 Å². The largest absolute Gasteiger partial charge is 0.480 e. The maximum absolute atomic E-state index is 11.1. The standard InChI is InChI=1S/C15H23NO3S/c1-3-4-14(15(17)18)20-13-7-5-12(6-8-13)11-16-9-10-19-2/h5-8,14,16H,3-4,9-11H2,1-2H3,(H,17,18). The summed E-state index contributed by atoms with van der Waals surface area (Å²) < 4.78 is 4.97. The number of rotatable bonds is 10. The third-order valence-corrected chi connectivity index (χ3v) is 4.11. The zero-order chi connectivity index (χ0) is 14.8. The summed E-state index contributed by atoms with van der Waals surface area (Å²) in [6.07, 6.45) is 1.58. The van der Waals surface area contributed by atoms with Gasteiger partial charge in [-0.3, -0.25) is 4.79 Å². The van der Waals surface area contributed by atoms with Gasteiger partial charge in [0.05, 0.1) is 6.61 Å². The molecule has 0 aliphatic heterocycles. The number of carboxylic acids is 1. The lowest BCUT2D eigenvalue weighted by Crippen LogP contribution is -2.18. The summed E-state index contributed by atoms with van der Waals surface area (Å²) in [5, 5.41) is 12.1. The highest BCUT2D eigenvalue weighted by Crippen LogP contribution is 2.26. The molecule has 1 unspecified atom stereocenters. The maximum atomic E-state index is 11.1. The van der Waals surface area contributed by atoms with Crippen molar-refractivity contribution in [3.8, 4) is 0 Å². The average molecular weight is 297 g/mol. The smallest absolute Gasteiger partial charge is 0.316 e. The first-order valence-electron chi connectivity index (χ1n) is 6.85. The number of carbonyl (C=O) groups is 1. The number of hydrogen-bond acceptors (Lipinski definition) is 4. The van der Waals surface area contributed by atoms with Gasteiger partial charge in [-0.1, -0.05) is 25.5 Å². The van der Waals surface area contributed by atoms with E-state index in [1.54, 1.807) is 7.11 Å². The summed E-state index contributed by atoms with van der Waals surface area (Å²) in [5.74, 6) is -0.734. The number of methoxy groups -OCH3 is 1. The van der Waals surface area contributed by atoms with Gasteiger partial charge in [-0.15, -0.1) is 11.8 Å². The lowest BCUT2D eigenvalue weighted by molar-refractivity contribution is -0.136. The van der Waals surface area contributed by atoms with E-state index in [1.807, 2.05) is 31.2 Å². The summed E-state index contributed by atoms with van der Waals surface area (Å²) >= 11 is 1.42. The Bertz CT molecular complexity index is 395. The maximum Gasteiger partial charge on any atom is 0.316 e. The Morgan fingerprint density at radius 1 is 1.40 bits per heavy atom. The van der Waals surface area contributed by atoms with Crippen molar-refractivity contribution >= 4 is 17.7 Å². The summed E-state index contributed by atoms with van der Waals surface area (Å²) in [4.78, 5) is 12.1. The van der Waals surface area contributed by atoms with Crippen LogP contribution in [0.2, 0.25) is 0 Å². The van der Waals surface area contributed by atoms with Crippen molar-refractivity contribution in [1.82, 2.24) is 5.32 Å². The minimum atomic E-state index is -0.734. The van der Waals surface area contributed by atoms with E-state index in [0.29, 0.717) is 13.0 Å². The molecule has 2 N–H and O–H groups in total. The van der Waals surface area contributed by atoms with Gasteiger partial charge in [-0.2, -0.15) is 0 Å². The number of nitrogens with one attached hydrogen (secondary N) is 1. The average Bonchev–Trinajstić information content (AvgIpc) is 2.44. The van der Waals surface area contributed by atoms with Crippen molar-refractivity contribution < 1.29 is 14.6 Å². The lowest BCUT2D eigenvalue weighted by Gasteiger charge is -2.11. The summed E-state index contributed by atoms with van der Waals surface area (Å²) in [6, 6.07) is 8.05. The molecular weight excluding hydrogens is 274 g/mol. The molecule has 0 saturated heterocycles. The number of carboxylic acid groups (broad SMARTS) is 1. The van der Waals surface area contributed by atoms with Crippen molar-refractivity contribution in [2.24, 2.45) is 0 Å². The molecule has 0 saturated carbocycles. The van der Waals surface area contributed by atoms with Gasteiger partial charge in [0.1, 0.15) is 5.25 Å². The van der Waals surface area contributed by atoms with Gasteiger partial charge >= 0.3 is 5.97 Å². The van der Waals surface area contributed by atoms with E-state index in [1.165, 1.54) is 17.3 Å². The van der Waals surface area contributed by atoms with Crippen LogP contribution in [0.15, 0.2) is 29.2 Å². The van der Waals surface area contributed by atoms with Crippen molar-refractivity contribution in [1.29, 1.82) is 0 Å². The highest BCUT2D eigenvalue weighted by molar-refractivity contribution is 8.00. The number of benzene rings is 1. The van der Waals surface area contributed by atoms with Gasteiger partial charge in [0.15, 0.2) is 0 Å². The third-order valence-electron chi connectivity index (χ3n) is 2.84. The van der Waals surface area contributed by atoms with Crippen LogP contribution in [0, 0.1) is 0 Å². The molecule has 0 heterocycles. The fourth-order valence-corrected chi connectivity index (χ4v) is 2.83. The lowest BCUT2D eigenvalue weighted by atomic mass is 10.2. The van der Waals surface area contributed by atoms with Gasteiger partial charge in [-0.05, 0) is 24.1 Å². The quantitative estimate of drug-likeness (QED) is 0.514. The van der Waals surface area contributed by atoms with E-state index in [2.05, 4.69) is 5.32 Å². The van der Waals surface area contributed by atoms with Crippen LogP contribution in [-0.4, -0.2) is 36.6 Å². The van der Waals surface area contributed by atoms with Crippen molar-refractivity contribution in [3.63, 3.8) is 0 Å². The molecule has 0 radical (unpaired) electrons. The predicted molar refractivity (Wildman–Crippen MR) is 82.2 cm³/mol. The van der Waals surface area contributed by atoms with E-state index in [-0.39, 0.29) is 5.25 Å². The van der Waals surface area contributed by atoms with Crippen LogP contribution < -0.4 is 5.32 Å². The van der Waals surface area contributed by atoms with Gasteiger partial charge in [-0.25, -0.2) is 0 Å². The molecule has 0 amide bonds. The molecule has 1 aromatic rings. The Balaban J connectivity index is 2.46. The van der Waals surface area contributed by atoms with E-state index < -0.39 is 5.97 Å². The molecule has 20 heavy (non-hydrogen) atoms. The fraction of sp³-hybridized carbons (Fsp3) is 0.533. The van der Waals surface area contributed by atoms with Crippen molar-refractivity contribution in [2.75, 3.05) is 20.3 Å². The first-order chi connectivity index (χ1) is 9.67. The van der Waals surface area contributed by atoms with E-state index in [0.717, 1.165) is 24.4 Å². The van der Waals surface area contributed by atoms with Crippen LogP contribution >= 0.6 is 11.8 Å². The number of hydrogen-bond donors (Lipinski definition) is 2. The zero-order valence-electron chi connectivity index (χ0n) is 12.1. The first kappa shape index (κ1) is 17.0. The van der Waals surface area contributed by atoms with Crippen molar-refractivity contribution in [3.05, 3.63) is 29.8 Å². The van der Waals surface area contributed by atoms with Gasteiger partial charge in [0.25, 0.3) is 0 Å². The molecule has 0 aromatic heterocycles. The van der Waals surface area contributed by atoms with Crippen LogP contribution in [0.3, 0.4) is 0 Å². The second kappa shape index (κ2) is 9.80. The Morgan fingerprint density at radius 3 is 2.65 bits per heavy atom. The molecule has 0 aliphatic carbocycles. The summed E-state index contributed by atoms with van der Waals surface area (Å²) in [7, 11) is 1.68. The topological polar surface area (TPSA) is 58.6 Å². The second-order valence-corrected chi connectivity index (χ2v) is 5.82. The van der Waals surface area contributed by atoms with Gasteiger partial charge < -0.3 is 15.2 Å². The predicted octanol–water partition coefficient (Wildman–Crippen LogP) is 2.77. The molecule has 0 aliphatic rings. The number of ether oxygens (including phenoxy) is 1. The Labute approximate surface area is 124 Å². The number of aliphatic carboxylic acids is 1. The Kier molecular flexibility index (Phi) is 8.34. The Morgan fingerprint density at radius 2 is 2.10 bits per heavy atom. The molecule has 1 atom stereocenters. The zero-order valence-corrected chi connectivity index (χ0v) is 12.9. The van der Waals surface area contributed by atoms with Crippen molar-refractivity contribution in [2.45, 2.75) is 36.5 Å². The molecule has 1 rings (SSSR count). The molecule has 0 fully saturated rings. The first-order valence-corrected chi connectivity index (χ1v) is 7.73. The Hall–Kier alpha value is -1.04. The highest BCUT2D eigenvalue weighted by atomic mass is 32.2. The third kappa shape index (κ3) is 6.41. The molecule has 112 valence electrons. The fourth-order valence-electron chi connectivity index (χ4n) is 1.75.